The quantitative estimate of drug-likeness (QED) is 0.809. The van der Waals surface area contributed by atoms with Crippen LogP contribution in [0.1, 0.15) is 41.6 Å². The number of hydrogen-bond donors (Lipinski definition) is 2. The SMILES string of the molecule is O=C(c1cccc(C#CCO)c1)N1CCCCCC1CO. The Labute approximate surface area is 125 Å². The maximum Gasteiger partial charge on any atom is 0.254 e. The molecule has 0 bridgehead atoms. The minimum Gasteiger partial charge on any atom is -0.394 e. The summed E-state index contributed by atoms with van der Waals surface area (Å²) in [6.07, 6.45) is 3.98. The summed E-state index contributed by atoms with van der Waals surface area (Å²) in [7, 11) is 0. The second-order valence-electron chi connectivity index (χ2n) is 5.22. The number of rotatable bonds is 2. The normalized spacial score (nSPS) is 18.6. The Morgan fingerprint density at radius 2 is 2.14 bits per heavy atom. The van der Waals surface area contributed by atoms with Crippen LogP contribution >= 0.6 is 0 Å². The van der Waals surface area contributed by atoms with Gasteiger partial charge in [-0.2, -0.15) is 0 Å². The van der Waals surface area contributed by atoms with Crippen LogP contribution in [0.15, 0.2) is 24.3 Å². The molecule has 1 saturated heterocycles. The smallest absolute Gasteiger partial charge is 0.254 e. The van der Waals surface area contributed by atoms with Crippen molar-refractivity contribution in [3.63, 3.8) is 0 Å². The first-order valence-electron chi connectivity index (χ1n) is 7.38. The highest BCUT2D eigenvalue weighted by molar-refractivity contribution is 5.94. The fourth-order valence-corrected chi connectivity index (χ4v) is 2.67. The molecule has 0 radical (unpaired) electrons. The van der Waals surface area contributed by atoms with Gasteiger partial charge in [0.2, 0.25) is 0 Å². The lowest BCUT2D eigenvalue weighted by molar-refractivity contribution is 0.0600. The number of aliphatic hydroxyl groups excluding tert-OH is 2. The molecule has 1 fully saturated rings. The molecule has 4 nitrogen and oxygen atoms in total. The van der Waals surface area contributed by atoms with Gasteiger partial charge in [0.05, 0.1) is 12.6 Å². The average Bonchev–Trinajstić information content (AvgIpc) is 2.77. The predicted molar refractivity (Wildman–Crippen MR) is 80.8 cm³/mol. The van der Waals surface area contributed by atoms with E-state index in [0.29, 0.717) is 17.7 Å². The molecule has 2 N–H and O–H groups in total. The number of hydrogen-bond acceptors (Lipinski definition) is 3. The molecule has 21 heavy (non-hydrogen) atoms. The molecule has 2 rings (SSSR count). The monoisotopic (exact) mass is 287 g/mol. The molecule has 0 saturated carbocycles. The van der Waals surface area contributed by atoms with Gasteiger partial charge in [0, 0.05) is 17.7 Å². The van der Waals surface area contributed by atoms with Crippen LogP contribution in [0.3, 0.4) is 0 Å². The van der Waals surface area contributed by atoms with Crippen molar-refractivity contribution in [3.05, 3.63) is 35.4 Å². The highest BCUT2D eigenvalue weighted by Gasteiger charge is 2.25. The van der Waals surface area contributed by atoms with Crippen LogP contribution in [-0.2, 0) is 0 Å². The summed E-state index contributed by atoms with van der Waals surface area (Å²) in [6.45, 7) is 0.503. The van der Waals surface area contributed by atoms with Crippen molar-refractivity contribution < 1.29 is 15.0 Å². The van der Waals surface area contributed by atoms with Crippen molar-refractivity contribution in [3.8, 4) is 11.8 Å². The van der Waals surface area contributed by atoms with E-state index < -0.39 is 0 Å². The Hall–Kier alpha value is -1.83. The molecular formula is C17H21NO3. The van der Waals surface area contributed by atoms with Gasteiger partial charge in [0.1, 0.15) is 6.61 Å². The number of aliphatic hydroxyl groups is 2. The van der Waals surface area contributed by atoms with Crippen molar-refractivity contribution in [1.29, 1.82) is 0 Å². The van der Waals surface area contributed by atoms with Crippen LogP contribution in [0, 0.1) is 11.8 Å². The molecule has 0 spiro atoms. The number of carbonyl (C=O) groups excluding carboxylic acids is 1. The Morgan fingerprint density at radius 1 is 1.29 bits per heavy atom. The third-order valence-corrected chi connectivity index (χ3v) is 3.77. The van der Waals surface area contributed by atoms with E-state index in [1.165, 1.54) is 0 Å². The maximum absolute atomic E-state index is 12.7. The summed E-state index contributed by atoms with van der Waals surface area (Å²) in [5, 5.41) is 18.2. The summed E-state index contributed by atoms with van der Waals surface area (Å²) in [5.41, 5.74) is 1.30. The first kappa shape index (κ1) is 15.6. The molecule has 1 amide bonds. The number of amides is 1. The van der Waals surface area contributed by atoms with Crippen molar-refractivity contribution in [2.24, 2.45) is 0 Å². The van der Waals surface area contributed by atoms with Gasteiger partial charge in [-0.05, 0) is 31.0 Å². The zero-order valence-electron chi connectivity index (χ0n) is 12.1. The molecule has 0 aliphatic carbocycles. The van der Waals surface area contributed by atoms with E-state index in [-0.39, 0.29) is 25.2 Å². The molecule has 1 atom stereocenters. The molecule has 4 heteroatoms. The Morgan fingerprint density at radius 3 is 2.90 bits per heavy atom. The standard InChI is InChI=1S/C17H21NO3/c19-11-5-7-14-6-4-8-15(12-14)17(21)18-10-3-1-2-9-16(18)13-20/h4,6,8,12,16,19-20H,1-3,9-11,13H2. The van der Waals surface area contributed by atoms with E-state index in [2.05, 4.69) is 11.8 Å². The molecule has 1 heterocycles. The second-order valence-corrected chi connectivity index (χ2v) is 5.22. The van der Waals surface area contributed by atoms with Crippen molar-refractivity contribution in [2.75, 3.05) is 19.8 Å². The Balaban J connectivity index is 2.21. The molecule has 1 aliphatic rings. The largest absolute Gasteiger partial charge is 0.394 e. The minimum atomic E-state index is -0.198. The lowest BCUT2D eigenvalue weighted by Gasteiger charge is -2.28. The zero-order valence-corrected chi connectivity index (χ0v) is 12.1. The fraction of sp³-hybridized carbons (Fsp3) is 0.471. The molecule has 0 aromatic heterocycles. The van der Waals surface area contributed by atoms with Crippen molar-refractivity contribution in [1.82, 2.24) is 4.90 Å². The van der Waals surface area contributed by atoms with E-state index >= 15 is 0 Å². The van der Waals surface area contributed by atoms with Crippen LogP contribution < -0.4 is 0 Å². The third kappa shape index (κ3) is 4.07. The summed E-state index contributed by atoms with van der Waals surface area (Å²) in [6, 6.07) is 7.02. The Kier molecular flexibility index (Phi) is 5.79. The maximum atomic E-state index is 12.7. The van der Waals surface area contributed by atoms with Crippen molar-refractivity contribution in [2.45, 2.75) is 31.7 Å². The van der Waals surface area contributed by atoms with Gasteiger partial charge < -0.3 is 15.1 Å². The summed E-state index contributed by atoms with van der Waals surface area (Å²) in [4.78, 5) is 14.4. The van der Waals surface area contributed by atoms with E-state index in [9.17, 15) is 9.90 Å². The van der Waals surface area contributed by atoms with Crippen LogP contribution in [0.4, 0.5) is 0 Å². The first-order chi connectivity index (χ1) is 10.3. The lowest BCUT2D eigenvalue weighted by Crippen LogP contribution is -2.42. The third-order valence-electron chi connectivity index (χ3n) is 3.77. The van der Waals surface area contributed by atoms with Gasteiger partial charge in [-0.1, -0.05) is 30.7 Å². The Bertz CT molecular complexity index is 544. The van der Waals surface area contributed by atoms with Gasteiger partial charge in [-0.25, -0.2) is 0 Å². The highest BCUT2D eigenvalue weighted by atomic mass is 16.3. The van der Waals surface area contributed by atoms with Crippen LogP contribution in [0.25, 0.3) is 0 Å². The van der Waals surface area contributed by atoms with E-state index in [4.69, 9.17) is 5.11 Å². The molecule has 1 aromatic rings. The molecule has 112 valence electrons. The summed E-state index contributed by atoms with van der Waals surface area (Å²) < 4.78 is 0. The van der Waals surface area contributed by atoms with E-state index in [1.54, 1.807) is 23.1 Å². The number of benzene rings is 1. The molecule has 1 aliphatic heterocycles. The summed E-state index contributed by atoms with van der Waals surface area (Å²) in [5.74, 6) is 5.34. The zero-order chi connectivity index (χ0) is 15.1. The van der Waals surface area contributed by atoms with Gasteiger partial charge in [-0.15, -0.1) is 0 Å². The van der Waals surface area contributed by atoms with Crippen LogP contribution in [0.2, 0.25) is 0 Å². The number of likely N-dealkylation sites (tertiary alicyclic amines) is 1. The predicted octanol–water partition coefficient (Wildman–Crippen LogP) is 1.41. The second kappa shape index (κ2) is 7.82. The topological polar surface area (TPSA) is 60.8 Å². The van der Waals surface area contributed by atoms with Crippen LogP contribution in [0.5, 0.6) is 0 Å². The van der Waals surface area contributed by atoms with E-state index in [0.717, 1.165) is 25.7 Å². The fourth-order valence-electron chi connectivity index (χ4n) is 2.67. The average molecular weight is 287 g/mol. The first-order valence-corrected chi connectivity index (χ1v) is 7.38. The number of nitrogens with zero attached hydrogens (tertiary/aromatic N) is 1. The van der Waals surface area contributed by atoms with Crippen molar-refractivity contribution >= 4 is 5.91 Å². The summed E-state index contributed by atoms with van der Waals surface area (Å²) >= 11 is 0. The minimum absolute atomic E-state index is 0.00967. The van der Waals surface area contributed by atoms with Gasteiger partial charge in [0.15, 0.2) is 0 Å². The van der Waals surface area contributed by atoms with Crippen LogP contribution in [-0.4, -0.2) is 46.8 Å². The van der Waals surface area contributed by atoms with Gasteiger partial charge >= 0.3 is 0 Å². The molecule has 1 aromatic carbocycles. The highest BCUT2D eigenvalue weighted by Crippen LogP contribution is 2.19. The van der Waals surface area contributed by atoms with Gasteiger partial charge in [0.25, 0.3) is 5.91 Å². The molecular weight excluding hydrogens is 266 g/mol. The molecule has 1 unspecified atom stereocenters. The number of carbonyl (C=O) groups is 1. The van der Waals surface area contributed by atoms with Gasteiger partial charge in [-0.3, -0.25) is 4.79 Å². The van der Waals surface area contributed by atoms with E-state index in [1.807, 2.05) is 6.07 Å². The lowest BCUT2D eigenvalue weighted by atomic mass is 10.1.